The van der Waals surface area contributed by atoms with Gasteiger partial charge in [0.05, 0.1) is 6.54 Å². The van der Waals surface area contributed by atoms with Crippen molar-refractivity contribution in [3.8, 4) is 0 Å². The van der Waals surface area contributed by atoms with Crippen molar-refractivity contribution in [1.29, 1.82) is 0 Å². The first-order valence-electron chi connectivity index (χ1n) is 6.90. The van der Waals surface area contributed by atoms with Crippen molar-refractivity contribution >= 4 is 17.7 Å². The van der Waals surface area contributed by atoms with Gasteiger partial charge in [-0.05, 0) is 19.8 Å². The topological polar surface area (TPSA) is 66.5 Å². The van der Waals surface area contributed by atoms with E-state index in [0.29, 0.717) is 24.7 Å². The van der Waals surface area contributed by atoms with E-state index in [1.807, 2.05) is 0 Å². The molecule has 0 aromatic heterocycles. The van der Waals surface area contributed by atoms with Crippen LogP contribution < -0.4 is 5.32 Å². The largest absolute Gasteiger partial charge is 0.420 e. The van der Waals surface area contributed by atoms with Crippen molar-refractivity contribution in [3.63, 3.8) is 0 Å². The first-order valence-corrected chi connectivity index (χ1v) is 6.90. The number of alkyl halides is 3. The second-order valence-corrected chi connectivity index (χ2v) is 5.75. The fourth-order valence-corrected chi connectivity index (χ4v) is 2.74. The molecule has 1 unspecified atom stereocenters. The summed E-state index contributed by atoms with van der Waals surface area (Å²) in [5.74, 6) is -2.02. The number of rotatable bonds is 3. The van der Waals surface area contributed by atoms with E-state index in [0.717, 1.165) is 19.3 Å². The van der Waals surface area contributed by atoms with Crippen LogP contribution in [0.4, 0.5) is 18.0 Å². The lowest BCUT2D eigenvalue weighted by Crippen LogP contribution is -2.56. The molecule has 2 fully saturated rings. The van der Waals surface area contributed by atoms with E-state index in [1.54, 1.807) is 5.32 Å². The number of hydrogen-bond donors (Lipinski definition) is 1. The molecular formula is C13H17F3N2O3. The van der Waals surface area contributed by atoms with Gasteiger partial charge >= 0.3 is 12.2 Å². The Morgan fingerprint density at radius 3 is 2.33 bits per heavy atom. The van der Waals surface area contributed by atoms with Gasteiger partial charge in [0.15, 0.2) is 5.78 Å². The Morgan fingerprint density at radius 2 is 1.86 bits per heavy atom. The third-order valence-electron chi connectivity index (χ3n) is 4.22. The number of carbonyl (C=O) groups is 3. The quantitative estimate of drug-likeness (QED) is 0.811. The molecule has 0 bridgehead atoms. The minimum absolute atomic E-state index is 0.267. The number of amides is 3. The van der Waals surface area contributed by atoms with Crippen molar-refractivity contribution in [2.45, 2.75) is 50.7 Å². The molecule has 0 radical (unpaired) electrons. The highest BCUT2D eigenvalue weighted by molar-refractivity contribution is 6.09. The lowest BCUT2D eigenvalue weighted by Gasteiger charge is -2.25. The fourth-order valence-electron chi connectivity index (χ4n) is 2.74. The zero-order chi connectivity index (χ0) is 15.8. The van der Waals surface area contributed by atoms with Crippen molar-refractivity contribution < 1.29 is 27.6 Å². The number of carbonyl (C=O) groups excluding carboxylic acids is 3. The average molecular weight is 306 g/mol. The molecule has 8 heteroatoms. The number of imide groups is 1. The highest BCUT2D eigenvalue weighted by Crippen LogP contribution is 2.35. The standard InChI is InChI=1S/C13H17F3N2O3/c1-12(13(14,15)16)10(20)18(11(21)17-12)7-9(19)8-5-3-2-4-6-8/h8H,2-7H2,1H3,(H,17,21). The molecular weight excluding hydrogens is 289 g/mol. The summed E-state index contributed by atoms with van der Waals surface area (Å²) in [7, 11) is 0. The van der Waals surface area contributed by atoms with Crippen LogP contribution in [-0.4, -0.2) is 40.9 Å². The highest BCUT2D eigenvalue weighted by Gasteiger charge is 2.64. The number of urea groups is 1. The van der Waals surface area contributed by atoms with Crippen LogP contribution in [-0.2, 0) is 9.59 Å². The van der Waals surface area contributed by atoms with E-state index >= 15 is 0 Å². The molecule has 1 atom stereocenters. The number of ketones is 1. The van der Waals surface area contributed by atoms with E-state index in [4.69, 9.17) is 0 Å². The molecule has 118 valence electrons. The lowest BCUT2D eigenvalue weighted by atomic mass is 9.86. The molecule has 1 saturated carbocycles. The monoisotopic (exact) mass is 306 g/mol. The van der Waals surface area contributed by atoms with Crippen molar-refractivity contribution in [2.75, 3.05) is 6.54 Å². The summed E-state index contributed by atoms with van der Waals surface area (Å²) in [5, 5.41) is 1.64. The maximum absolute atomic E-state index is 12.9. The predicted octanol–water partition coefficient (Wildman–Crippen LogP) is 2.01. The Bertz CT molecular complexity index is 472. The van der Waals surface area contributed by atoms with Crippen LogP contribution in [0.25, 0.3) is 0 Å². The van der Waals surface area contributed by atoms with Crippen molar-refractivity contribution in [3.05, 3.63) is 0 Å². The van der Waals surface area contributed by atoms with E-state index in [9.17, 15) is 27.6 Å². The third kappa shape index (κ3) is 2.75. The van der Waals surface area contributed by atoms with Gasteiger partial charge in [0.2, 0.25) is 5.54 Å². The maximum atomic E-state index is 12.9. The van der Waals surface area contributed by atoms with E-state index < -0.39 is 30.2 Å². The summed E-state index contributed by atoms with van der Waals surface area (Å²) in [5.41, 5.74) is -2.95. The van der Waals surface area contributed by atoms with Gasteiger partial charge in [-0.15, -0.1) is 0 Å². The molecule has 21 heavy (non-hydrogen) atoms. The molecule has 1 heterocycles. The van der Waals surface area contributed by atoms with Crippen molar-refractivity contribution in [2.24, 2.45) is 5.92 Å². The first-order chi connectivity index (χ1) is 9.67. The number of nitrogens with one attached hydrogen (secondary N) is 1. The minimum atomic E-state index is -4.90. The summed E-state index contributed by atoms with van der Waals surface area (Å²) in [6, 6.07) is -1.16. The van der Waals surface area contributed by atoms with Crippen LogP contribution in [0.5, 0.6) is 0 Å². The lowest BCUT2D eigenvalue weighted by molar-refractivity contribution is -0.191. The van der Waals surface area contributed by atoms with Crippen LogP contribution in [0.1, 0.15) is 39.0 Å². The smallest absolute Gasteiger partial charge is 0.316 e. The molecule has 1 N–H and O–H groups in total. The number of nitrogens with zero attached hydrogens (tertiary/aromatic N) is 1. The van der Waals surface area contributed by atoms with Gasteiger partial charge in [0, 0.05) is 5.92 Å². The fraction of sp³-hybridized carbons (Fsp3) is 0.769. The third-order valence-corrected chi connectivity index (χ3v) is 4.22. The molecule has 0 aromatic rings. The van der Waals surface area contributed by atoms with Gasteiger partial charge in [-0.1, -0.05) is 19.3 Å². The van der Waals surface area contributed by atoms with Crippen LogP contribution in [0, 0.1) is 5.92 Å². The molecule has 1 aliphatic heterocycles. The first kappa shape index (κ1) is 15.8. The predicted molar refractivity (Wildman–Crippen MR) is 66.3 cm³/mol. The second-order valence-electron chi connectivity index (χ2n) is 5.75. The summed E-state index contributed by atoms with van der Waals surface area (Å²) in [4.78, 5) is 35.9. The van der Waals surface area contributed by atoms with Crippen LogP contribution in [0.15, 0.2) is 0 Å². The summed E-state index contributed by atoms with van der Waals surface area (Å²) >= 11 is 0. The van der Waals surface area contributed by atoms with Gasteiger partial charge in [0.25, 0.3) is 5.91 Å². The Morgan fingerprint density at radius 1 is 1.29 bits per heavy atom. The maximum Gasteiger partial charge on any atom is 0.420 e. The molecule has 1 saturated heterocycles. The zero-order valence-corrected chi connectivity index (χ0v) is 11.6. The van der Waals surface area contributed by atoms with Gasteiger partial charge < -0.3 is 5.32 Å². The van der Waals surface area contributed by atoms with E-state index in [1.165, 1.54) is 0 Å². The van der Waals surface area contributed by atoms with E-state index in [2.05, 4.69) is 0 Å². The van der Waals surface area contributed by atoms with Gasteiger partial charge in [-0.2, -0.15) is 13.2 Å². The minimum Gasteiger partial charge on any atom is -0.316 e. The van der Waals surface area contributed by atoms with Crippen LogP contribution >= 0.6 is 0 Å². The summed E-state index contributed by atoms with van der Waals surface area (Å²) in [6.07, 6.45) is -0.771. The molecule has 3 amide bonds. The molecule has 1 aliphatic carbocycles. The molecule has 0 aromatic carbocycles. The summed E-state index contributed by atoms with van der Waals surface area (Å²) < 4.78 is 38.7. The zero-order valence-electron chi connectivity index (χ0n) is 11.6. The van der Waals surface area contributed by atoms with Gasteiger partial charge in [0.1, 0.15) is 0 Å². The van der Waals surface area contributed by atoms with Crippen molar-refractivity contribution in [1.82, 2.24) is 10.2 Å². The number of hydrogen-bond acceptors (Lipinski definition) is 3. The molecule has 0 spiro atoms. The Kier molecular flexibility index (Phi) is 3.99. The van der Waals surface area contributed by atoms with Crippen LogP contribution in [0.3, 0.4) is 0 Å². The highest BCUT2D eigenvalue weighted by atomic mass is 19.4. The van der Waals surface area contributed by atoms with Crippen LogP contribution in [0.2, 0.25) is 0 Å². The average Bonchev–Trinajstić information content (AvgIpc) is 2.64. The Labute approximate surface area is 119 Å². The van der Waals surface area contributed by atoms with E-state index in [-0.39, 0.29) is 11.7 Å². The SMILES string of the molecule is CC1(C(F)(F)F)NC(=O)N(CC(=O)C2CCCCC2)C1=O. The van der Waals surface area contributed by atoms with Gasteiger partial charge in [-0.3, -0.25) is 14.5 Å². The van der Waals surface area contributed by atoms with Gasteiger partial charge in [-0.25, -0.2) is 4.79 Å². The number of Topliss-reactive ketones (excluding diaryl/α,β-unsaturated/α-hetero) is 1. The number of halogens is 3. The normalized spacial score (nSPS) is 27.9. The molecule has 5 nitrogen and oxygen atoms in total. The second kappa shape index (κ2) is 5.31. The molecule has 2 rings (SSSR count). The Balaban J connectivity index is 2.09. The Hall–Kier alpha value is -1.60. The molecule has 2 aliphatic rings. The summed E-state index contributed by atoms with van der Waals surface area (Å²) in [6.45, 7) is 0.0271.